The molecule has 7 heteroatoms. The van der Waals surface area contributed by atoms with Gasteiger partial charge in [-0.05, 0) is 30.7 Å². The first-order valence-electron chi connectivity index (χ1n) is 9.67. The first-order valence-corrected chi connectivity index (χ1v) is 10.0. The number of nitrogens with zero attached hydrogens (tertiary/aromatic N) is 4. The van der Waals surface area contributed by atoms with E-state index in [2.05, 4.69) is 11.2 Å². The van der Waals surface area contributed by atoms with Crippen LogP contribution in [0.15, 0.2) is 67.0 Å². The third-order valence-electron chi connectivity index (χ3n) is 4.91. The number of carbonyl (C=O) groups excluding carboxylic acids is 1. The number of aryl methyl sites for hydroxylation is 1. The molecule has 3 aromatic heterocycles. The van der Waals surface area contributed by atoms with E-state index in [1.807, 2.05) is 66.1 Å². The number of esters is 1. The molecule has 0 N–H and O–H groups in total. The lowest BCUT2D eigenvalue weighted by Crippen LogP contribution is -2.02. The minimum Gasteiger partial charge on any atom is -0.458 e. The van der Waals surface area contributed by atoms with E-state index < -0.39 is 5.97 Å². The SMILES string of the molecule is Cc1nn(Cc2ccccc2)c(Cl)c1C=CC(=O)OCc1cn2ccccc2c1C#N. The summed E-state index contributed by atoms with van der Waals surface area (Å²) >= 11 is 6.48. The first-order chi connectivity index (χ1) is 15.1. The second-order valence-corrected chi connectivity index (χ2v) is 7.37. The highest BCUT2D eigenvalue weighted by Gasteiger charge is 2.13. The van der Waals surface area contributed by atoms with Gasteiger partial charge in [0.25, 0.3) is 0 Å². The van der Waals surface area contributed by atoms with Crippen molar-refractivity contribution in [1.82, 2.24) is 14.2 Å². The van der Waals surface area contributed by atoms with Gasteiger partial charge in [0.2, 0.25) is 0 Å². The van der Waals surface area contributed by atoms with Crippen molar-refractivity contribution in [2.75, 3.05) is 0 Å². The van der Waals surface area contributed by atoms with E-state index in [4.69, 9.17) is 16.3 Å². The van der Waals surface area contributed by atoms with Crippen molar-refractivity contribution in [3.8, 4) is 6.07 Å². The first kappa shape index (κ1) is 20.5. The fourth-order valence-corrected chi connectivity index (χ4v) is 3.68. The Kier molecular flexibility index (Phi) is 5.87. The van der Waals surface area contributed by atoms with Gasteiger partial charge in [0.05, 0.1) is 23.3 Å². The molecule has 4 rings (SSSR count). The molecular formula is C24H19ClN4O2. The Hall–Kier alpha value is -3.82. The average Bonchev–Trinajstić information content (AvgIpc) is 3.27. The number of hydrogen-bond acceptors (Lipinski definition) is 4. The molecule has 0 aliphatic heterocycles. The molecule has 0 unspecified atom stereocenters. The minimum atomic E-state index is -0.523. The molecular weight excluding hydrogens is 412 g/mol. The number of carbonyl (C=O) groups is 1. The Morgan fingerprint density at radius 1 is 1.23 bits per heavy atom. The van der Waals surface area contributed by atoms with E-state index in [9.17, 15) is 10.1 Å². The number of aromatic nitrogens is 3. The lowest BCUT2D eigenvalue weighted by atomic mass is 10.2. The fourth-order valence-electron chi connectivity index (χ4n) is 3.38. The van der Waals surface area contributed by atoms with Crippen molar-refractivity contribution in [2.24, 2.45) is 0 Å². The lowest BCUT2D eigenvalue weighted by Gasteiger charge is -2.03. The second kappa shape index (κ2) is 8.90. The maximum atomic E-state index is 12.3. The smallest absolute Gasteiger partial charge is 0.331 e. The number of pyridine rings is 1. The van der Waals surface area contributed by atoms with Crippen LogP contribution in [0.25, 0.3) is 11.6 Å². The van der Waals surface area contributed by atoms with Crippen molar-refractivity contribution in [1.29, 1.82) is 5.26 Å². The van der Waals surface area contributed by atoms with E-state index in [1.165, 1.54) is 6.08 Å². The molecule has 0 fully saturated rings. The molecule has 0 aliphatic rings. The molecule has 3 heterocycles. The summed E-state index contributed by atoms with van der Waals surface area (Å²) in [5.74, 6) is -0.523. The summed E-state index contributed by atoms with van der Waals surface area (Å²) in [7, 11) is 0. The van der Waals surface area contributed by atoms with Crippen LogP contribution in [0.1, 0.15) is 27.9 Å². The summed E-state index contributed by atoms with van der Waals surface area (Å²) in [6.45, 7) is 2.38. The van der Waals surface area contributed by atoms with Crippen LogP contribution in [-0.4, -0.2) is 20.2 Å². The highest BCUT2D eigenvalue weighted by Crippen LogP contribution is 2.23. The molecule has 0 saturated heterocycles. The number of fused-ring (bicyclic) bond motifs is 1. The summed E-state index contributed by atoms with van der Waals surface area (Å²) in [5.41, 5.74) is 4.39. The normalized spacial score (nSPS) is 11.1. The molecule has 0 saturated carbocycles. The van der Waals surface area contributed by atoms with Crippen molar-refractivity contribution in [2.45, 2.75) is 20.1 Å². The molecule has 1 aromatic carbocycles. The molecule has 0 atom stereocenters. The van der Waals surface area contributed by atoms with Gasteiger partial charge in [-0.2, -0.15) is 10.4 Å². The molecule has 0 spiro atoms. The van der Waals surface area contributed by atoms with E-state index in [0.29, 0.717) is 28.4 Å². The third-order valence-corrected chi connectivity index (χ3v) is 5.31. The zero-order valence-corrected chi connectivity index (χ0v) is 17.6. The molecule has 0 aliphatic carbocycles. The molecule has 4 aromatic rings. The standard InChI is InChI=1S/C24H19ClN4O2/c1-17-20(24(25)29(27-17)14-18-7-3-2-4-8-18)10-11-23(30)31-16-19-15-28-12-6-5-9-22(28)21(19)13-26/h2-12,15H,14,16H2,1H3. The molecule has 0 amide bonds. The number of rotatable bonds is 6. The topological polar surface area (TPSA) is 72.3 Å². The van der Waals surface area contributed by atoms with E-state index in [0.717, 1.165) is 16.8 Å². The van der Waals surface area contributed by atoms with Crippen molar-refractivity contribution >= 4 is 29.2 Å². The molecule has 31 heavy (non-hydrogen) atoms. The summed E-state index contributed by atoms with van der Waals surface area (Å²) in [4.78, 5) is 12.3. The van der Waals surface area contributed by atoms with Gasteiger partial charge in [0, 0.05) is 29.6 Å². The Morgan fingerprint density at radius 3 is 2.77 bits per heavy atom. The van der Waals surface area contributed by atoms with Crippen LogP contribution in [0.2, 0.25) is 5.15 Å². The summed E-state index contributed by atoms with van der Waals surface area (Å²) in [6.07, 6.45) is 6.57. The van der Waals surface area contributed by atoms with Gasteiger partial charge in [-0.3, -0.25) is 0 Å². The highest BCUT2D eigenvalue weighted by molar-refractivity contribution is 6.31. The zero-order valence-electron chi connectivity index (χ0n) is 16.8. The van der Waals surface area contributed by atoms with Crippen LogP contribution >= 0.6 is 11.6 Å². The van der Waals surface area contributed by atoms with Gasteiger partial charge in [0.1, 0.15) is 17.8 Å². The summed E-state index contributed by atoms with van der Waals surface area (Å²) < 4.78 is 8.88. The van der Waals surface area contributed by atoms with Gasteiger partial charge < -0.3 is 9.14 Å². The van der Waals surface area contributed by atoms with Crippen molar-refractivity contribution in [3.63, 3.8) is 0 Å². The number of halogens is 1. The number of ether oxygens (including phenoxy) is 1. The number of nitriles is 1. The highest BCUT2D eigenvalue weighted by atomic mass is 35.5. The summed E-state index contributed by atoms with van der Waals surface area (Å²) in [5, 5.41) is 14.4. The van der Waals surface area contributed by atoms with E-state index in [1.54, 1.807) is 17.0 Å². The quantitative estimate of drug-likeness (QED) is 0.326. The monoisotopic (exact) mass is 430 g/mol. The maximum absolute atomic E-state index is 12.3. The Morgan fingerprint density at radius 2 is 2.00 bits per heavy atom. The van der Waals surface area contributed by atoms with Crippen molar-refractivity contribution in [3.05, 3.63) is 100 Å². The lowest BCUT2D eigenvalue weighted by molar-refractivity contribution is -0.138. The third kappa shape index (κ3) is 4.37. The molecule has 0 bridgehead atoms. The predicted octanol–water partition coefficient (Wildman–Crippen LogP) is 4.77. The Bertz CT molecular complexity index is 1310. The van der Waals surface area contributed by atoms with Crippen LogP contribution in [0.3, 0.4) is 0 Å². The number of benzene rings is 1. The largest absolute Gasteiger partial charge is 0.458 e. The van der Waals surface area contributed by atoms with Crippen LogP contribution in [0, 0.1) is 18.3 Å². The van der Waals surface area contributed by atoms with E-state index in [-0.39, 0.29) is 6.61 Å². The van der Waals surface area contributed by atoms with Gasteiger partial charge >= 0.3 is 5.97 Å². The van der Waals surface area contributed by atoms with Crippen LogP contribution in [0.4, 0.5) is 0 Å². The zero-order chi connectivity index (χ0) is 21.8. The minimum absolute atomic E-state index is 0.00767. The second-order valence-electron chi connectivity index (χ2n) is 7.01. The molecule has 6 nitrogen and oxygen atoms in total. The van der Waals surface area contributed by atoms with E-state index >= 15 is 0 Å². The van der Waals surface area contributed by atoms with Crippen LogP contribution < -0.4 is 0 Å². The van der Waals surface area contributed by atoms with Gasteiger partial charge in [-0.15, -0.1) is 0 Å². The van der Waals surface area contributed by atoms with Crippen molar-refractivity contribution < 1.29 is 9.53 Å². The van der Waals surface area contributed by atoms with Crippen LogP contribution in [-0.2, 0) is 22.7 Å². The average molecular weight is 431 g/mol. The summed E-state index contributed by atoms with van der Waals surface area (Å²) in [6, 6.07) is 17.6. The van der Waals surface area contributed by atoms with Gasteiger partial charge in [0.15, 0.2) is 0 Å². The maximum Gasteiger partial charge on any atom is 0.331 e. The van der Waals surface area contributed by atoms with Gasteiger partial charge in [-0.25, -0.2) is 9.48 Å². The molecule has 154 valence electrons. The number of hydrogen-bond donors (Lipinski definition) is 0. The van der Waals surface area contributed by atoms with Gasteiger partial charge in [-0.1, -0.05) is 48.0 Å². The Balaban J connectivity index is 1.45. The van der Waals surface area contributed by atoms with Crippen LogP contribution in [0.5, 0.6) is 0 Å². The predicted molar refractivity (Wildman–Crippen MR) is 118 cm³/mol. The Labute approximate surface area is 184 Å². The fraction of sp³-hybridized carbons (Fsp3) is 0.125. The molecule has 0 radical (unpaired) electrons.